The van der Waals surface area contributed by atoms with E-state index in [0.717, 1.165) is 4.47 Å². The van der Waals surface area contributed by atoms with Gasteiger partial charge >= 0.3 is 5.75 Å². The summed E-state index contributed by atoms with van der Waals surface area (Å²) in [5.41, 5.74) is 5.43. The molecule has 0 saturated heterocycles. The van der Waals surface area contributed by atoms with E-state index >= 15 is 0 Å². The van der Waals surface area contributed by atoms with Gasteiger partial charge in [-0.2, -0.15) is 0 Å². The third kappa shape index (κ3) is 1.16. The average molecular weight is 202 g/mol. The predicted octanol–water partition coefficient (Wildman–Crippen LogP) is 1.50. The summed E-state index contributed by atoms with van der Waals surface area (Å²) in [6.45, 7) is 3.23. The summed E-state index contributed by atoms with van der Waals surface area (Å²) in [4.78, 5) is 3.79. The lowest BCUT2D eigenvalue weighted by molar-refractivity contribution is -0.354. The van der Waals surface area contributed by atoms with Gasteiger partial charge in [0.25, 0.3) is 6.79 Å². The quantitative estimate of drug-likeness (QED) is 0.701. The number of hydrogen-bond acceptors (Lipinski definition) is 2. The molecule has 0 fully saturated rings. The molecular formula is C6H6BrN2O+. The number of pyridine rings is 1. The molecule has 3 nitrogen and oxygen atoms in total. The fourth-order valence-electron chi connectivity index (χ4n) is 0.583. The molecule has 0 aliphatic carbocycles. The molecule has 0 aromatic carbocycles. The number of nitrogen functional groups attached to an aromatic ring is 1. The summed E-state index contributed by atoms with van der Waals surface area (Å²) >= 11 is 3.22. The summed E-state index contributed by atoms with van der Waals surface area (Å²) in [6, 6.07) is 1.73. The zero-order chi connectivity index (χ0) is 7.56. The second-order valence-electron chi connectivity index (χ2n) is 1.65. The monoisotopic (exact) mass is 201 g/mol. The third-order valence-corrected chi connectivity index (χ3v) is 1.65. The lowest BCUT2D eigenvalue weighted by Gasteiger charge is -1.89. The molecule has 10 heavy (non-hydrogen) atoms. The molecule has 4 heteroatoms. The summed E-state index contributed by atoms with van der Waals surface area (Å²) in [6.07, 6.45) is 1.59. The number of halogens is 1. The van der Waals surface area contributed by atoms with E-state index in [4.69, 9.17) is 10.2 Å². The molecule has 0 unspecified atom stereocenters. The number of nitrogens with two attached hydrogens (primary N) is 1. The van der Waals surface area contributed by atoms with Crippen molar-refractivity contribution in [3.8, 4) is 5.75 Å². The maximum atomic E-state index is 5.43. The van der Waals surface area contributed by atoms with E-state index in [1.54, 1.807) is 12.3 Å². The van der Waals surface area contributed by atoms with Crippen LogP contribution in [0.3, 0.4) is 0 Å². The molecule has 0 aliphatic heterocycles. The summed E-state index contributed by atoms with van der Waals surface area (Å²) in [5, 5.41) is 0. The zero-order valence-electron chi connectivity index (χ0n) is 5.17. The second kappa shape index (κ2) is 2.79. The number of rotatable bonds is 1. The molecule has 0 spiro atoms. The van der Waals surface area contributed by atoms with Crippen LogP contribution in [0.2, 0.25) is 0 Å². The first-order valence-electron chi connectivity index (χ1n) is 2.57. The minimum absolute atomic E-state index is 0.337. The topological polar surface area (TPSA) is 50.2 Å². The fraction of sp³-hybridized carbons (Fsp3) is 0. The van der Waals surface area contributed by atoms with Crippen molar-refractivity contribution in [3.63, 3.8) is 0 Å². The molecule has 0 bridgehead atoms. The van der Waals surface area contributed by atoms with Crippen molar-refractivity contribution in [1.29, 1.82) is 0 Å². The van der Waals surface area contributed by atoms with E-state index in [2.05, 4.69) is 27.7 Å². The predicted molar refractivity (Wildman–Crippen MR) is 42.9 cm³/mol. The molecule has 0 saturated carbocycles. The van der Waals surface area contributed by atoms with Crippen LogP contribution >= 0.6 is 15.9 Å². The van der Waals surface area contributed by atoms with Gasteiger partial charge in [0.2, 0.25) is 5.82 Å². The Morgan fingerprint density at radius 3 is 2.80 bits per heavy atom. The lowest BCUT2D eigenvalue weighted by atomic mass is 10.4. The van der Waals surface area contributed by atoms with Crippen LogP contribution in [0.15, 0.2) is 16.7 Å². The third-order valence-electron chi connectivity index (χ3n) is 1.03. The molecule has 1 rings (SSSR count). The SMILES string of the molecule is C=[O+]c1c(Br)ccnc1N. The van der Waals surface area contributed by atoms with Gasteiger partial charge in [-0.25, -0.2) is 9.41 Å². The van der Waals surface area contributed by atoms with Gasteiger partial charge < -0.3 is 5.73 Å². The van der Waals surface area contributed by atoms with Crippen molar-refractivity contribution in [2.45, 2.75) is 0 Å². The lowest BCUT2D eigenvalue weighted by Crippen LogP contribution is -1.89. The second-order valence-corrected chi connectivity index (χ2v) is 2.51. The Bertz CT molecular complexity index is 242. The number of aromatic nitrogens is 1. The van der Waals surface area contributed by atoms with Gasteiger partial charge in [-0.3, -0.25) is 0 Å². The maximum Gasteiger partial charge on any atom is 0.407 e. The minimum Gasteiger partial charge on any atom is -0.376 e. The maximum absolute atomic E-state index is 5.43. The van der Waals surface area contributed by atoms with Gasteiger partial charge in [-0.05, 0) is 22.0 Å². The van der Waals surface area contributed by atoms with Crippen LogP contribution in [-0.4, -0.2) is 11.8 Å². The normalized spacial score (nSPS) is 9.30. The van der Waals surface area contributed by atoms with E-state index in [9.17, 15) is 0 Å². The van der Waals surface area contributed by atoms with Crippen LogP contribution in [0.4, 0.5) is 5.82 Å². The standard InChI is InChI=1S/C6H6BrN2O/c1-10-5-4(7)2-3-9-6(5)8/h2-3H,1H2,(H2,8,9)/q+1. The van der Waals surface area contributed by atoms with Crippen LogP contribution < -0.4 is 5.73 Å². The average Bonchev–Trinajstić information content (AvgIpc) is 1.88. The van der Waals surface area contributed by atoms with E-state index in [-0.39, 0.29) is 0 Å². The summed E-state index contributed by atoms with van der Waals surface area (Å²) in [7, 11) is 0. The number of anilines is 1. The highest BCUT2D eigenvalue weighted by atomic mass is 79.9. The van der Waals surface area contributed by atoms with Crippen molar-refractivity contribution >= 4 is 28.5 Å². The van der Waals surface area contributed by atoms with Gasteiger partial charge in [0.15, 0.2) is 0 Å². The molecule has 1 heterocycles. The molecule has 0 aliphatic rings. The van der Waals surface area contributed by atoms with Gasteiger partial charge in [0, 0.05) is 6.20 Å². The Kier molecular flexibility index (Phi) is 2.01. The molecule has 0 amide bonds. The van der Waals surface area contributed by atoms with E-state index in [0.29, 0.717) is 11.6 Å². The van der Waals surface area contributed by atoms with Crippen molar-refractivity contribution in [3.05, 3.63) is 16.7 Å². The Labute approximate surface area is 66.7 Å². The fourth-order valence-corrected chi connectivity index (χ4v) is 1.02. The largest absolute Gasteiger partial charge is 0.407 e. The number of carbonyl (C=O) groups excluding carboxylic acids is 1. The Morgan fingerprint density at radius 1 is 1.70 bits per heavy atom. The Morgan fingerprint density at radius 2 is 2.40 bits per heavy atom. The van der Waals surface area contributed by atoms with Gasteiger partial charge in [-0.15, -0.1) is 0 Å². The van der Waals surface area contributed by atoms with Crippen molar-refractivity contribution in [1.82, 2.24) is 4.98 Å². The molecule has 1 aromatic rings. The van der Waals surface area contributed by atoms with E-state index in [1.165, 1.54) is 0 Å². The number of nitrogens with zero attached hydrogens (tertiary/aromatic N) is 1. The van der Waals surface area contributed by atoms with Crippen molar-refractivity contribution in [2.24, 2.45) is 0 Å². The highest BCUT2D eigenvalue weighted by Crippen LogP contribution is 2.28. The zero-order valence-corrected chi connectivity index (χ0v) is 6.76. The van der Waals surface area contributed by atoms with Crippen molar-refractivity contribution in [2.75, 3.05) is 5.73 Å². The Balaban J connectivity index is 3.30. The highest BCUT2D eigenvalue weighted by molar-refractivity contribution is 9.10. The smallest absolute Gasteiger partial charge is 0.376 e. The van der Waals surface area contributed by atoms with Gasteiger partial charge in [-0.1, -0.05) is 0 Å². The first-order chi connectivity index (χ1) is 4.75. The molecular weight excluding hydrogens is 196 g/mol. The van der Waals surface area contributed by atoms with Crippen LogP contribution in [0.25, 0.3) is 0 Å². The number of hydrogen-bond donors (Lipinski definition) is 1. The van der Waals surface area contributed by atoms with Gasteiger partial charge in [0.1, 0.15) is 4.47 Å². The molecule has 52 valence electrons. The summed E-state index contributed by atoms with van der Waals surface area (Å²) in [5.74, 6) is 0.812. The van der Waals surface area contributed by atoms with Crippen LogP contribution in [0.1, 0.15) is 0 Å². The highest BCUT2D eigenvalue weighted by Gasteiger charge is 2.12. The molecule has 1 aromatic heterocycles. The van der Waals surface area contributed by atoms with Crippen LogP contribution in [0.5, 0.6) is 5.75 Å². The van der Waals surface area contributed by atoms with Crippen LogP contribution in [-0.2, 0) is 4.42 Å². The van der Waals surface area contributed by atoms with Gasteiger partial charge in [0.05, 0.1) is 0 Å². The van der Waals surface area contributed by atoms with E-state index < -0.39 is 0 Å². The molecule has 0 atom stereocenters. The Hall–Kier alpha value is -0.900. The molecule has 2 N–H and O–H groups in total. The van der Waals surface area contributed by atoms with Crippen LogP contribution in [0, 0.1) is 0 Å². The first kappa shape index (κ1) is 7.21. The first-order valence-corrected chi connectivity index (χ1v) is 3.37. The summed E-state index contributed by atoms with van der Waals surface area (Å²) < 4.78 is 5.45. The minimum atomic E-state index is 0.337. The van der Waals surface area contributed by atoms with Crippen molar-refractivity contribution < 1.29 is 4.42 Å². The van der Waals surface area contributed by atoms with E-state index in [1.807, 2.05) is 0 Å². The molecule has 0 radical (unpaired) electrons.